The van der Waals surface area contributed by atoms with Crippen LogP contribution < -0.4 is 5.32 Å². The van der Waals surface area contributed by atoms with Gasteiger partial charge in [-0.3, -0.25) is 5.32 Å². The number of nitrogens with one attached hydrogen (secondary N) is 1. The summed E-state index contributed by atoms with van der Waals surface area (Å²) in [7, 11) is 0. The number of aldehydes is 1. The van der Waals surface area contributed by atoms with Gasteiger partial charge in [0.05, 0.1) is 12.3 Å². The second kappa shape index (κ2) is 7.52. The van der Waals surface area contributed by atoms with Gasteiger partial charge in [0, 0.05) is 0 Å². The van der Waals surface area contributed by atoms with Crippen molar-refractivity contribution in [1.82, 2.24) is 5.32 Å². The van der Waals surface area contributed by atoms with Gasteiger partial charge in [-0.1, -0.05) is 12.7 Å². The second-order valence-electron chi connectivity index (χ2n) is 2.45. The summed E-state index contributed by atoms with van der Waals surface area (Å²) in [6, 6.07) is -0.416. The molecule has 0 aromatic heterocycles. The number of ether oxygens (including phenoxy) is 1. The van der Waals surface area contributed by atoms with E-state index in [0.717, 1.165) is 6.29 Å². The highest BCUT2D eigenvalue weighted by atomic mass is 16.5. The quantitative estimate of drug-likeness (QED) is 0.245. The molecule has 0 aromatic rings. The highest BCUT2D eigenvalue weighted by Crippen LogP contribution is 1.91. The minimum atomic E-state index is -0.867. The van der Waals surface area contributed by atoms with E-state index >= 15 is 0 Å². The fourth-order valence-corrected chi connectivity index (χ4v) is 0.797. The SMILES string of the molecule is C=CC[C@@H](C=O)NC(O)COC=C. The van der Waals surface area contributed by atoms with E-state index in [2.05, 4.69) is 18.5 Å². The van der Waals surface area contributed by atoms with Crippen LogP contribution in [0.15, 0.2) is 25.5 Å². The molecule has 0 rings (SSSR count). The predicted molar refractivity (Wildman–Crippen MR) is 50.0 cm³/mol. The van der Waals surface area contributed by atoms with Crippen molar-refractivity contribution in [2.45, 2.75) is 18.7 Å². The Morgan fingerprint density at radius 2 is 2.23 bits per heavy atom. The van der Waals surface area contributed by atoms with Crippen molar-refractivity contribution >= 4 is 6.29 Å². The summed E-state index contributed by atoms with van der Waals surface area (Å²) in [6.45, 7) is 6.89. The van der Waals surface area contributed by atoms with Crippen LogP contribution in [0.5, 0.6) is 0 Å². The van der Waals surface area contributed by atoms with E-state index in [-0.39, 0.29) is 6.61 Å². The Kier molecular flexibility index (Phi) is 6.86. The third kappa shape index (κ3) is 6.07. The van der Waals surface area contributed by atoms with Crippen molar-refractivity contribution in [3.05, 3.63) is 25.5 Å². The Hall–Kier alpha value is -1.13. The lowest BCUT2D eigenvalue weighted by Crippen LogP contribution is -2.41. The van der Waals surface area contributed by atoms with Crippen molar-refractivity contribution in [3.8, 4) is 0 Å². The monoisotopic (exact) mass is 185 g/mol. The van der Waals surface area contributed by atoms with Gasteiger partial charge in [0.1, 0.15) is 19.1 Å². The van der Waals surface area contributed by atoms with Gasteiger partial charge in [-0.2, -0.15) is 0 Å². The maximum atomic E-state index is 10.4. The highest BCUT2D eigenvalue weighted by molar-refractivity contribution is 5.57. The van der Waals surface area contributed by atoms with E-state index in [4.69, 9.17) is 4.74 Å². The Bertz CT molecular complexity index is 170. The predicted octanol–water partition coefficient (Wildman–Crippen LogP) is 0.198. The van der Waals surface area contributed by atoms with E-state index in [1.54, 1.807) is 6.08 Å². The Morgan fingerprint density at radius 3 is 2.69 bits per heavy atom. The third-order valence-electron chi connectivity index (χ3n) is 1.36. The maximum absolute atomic E-state index is 10.4. The zero-order valence-corrected chi connectivity index (χ0v) is 7.48. The fraction of sp³-hybridized carbons (Fsp3) is 0.444. The van der Waals surface area contributed by atoms with Crippen LogP contribution in [0.4, 0.5) is 0 Å². The zero-order chi connectivity index (χ0) is 10.1. The van der Waals surface area contributed by atoms with Crippen molar-refractivity contribution < 1.29 is 14.6 Å². The summed E-state index contributed by atoms with van der Waals surface area (Å²) >= 11 is 0. The fourth-order valence-electron chi connectivity index (χ4n) is 0.797. The number of aliphatic hydroxyl groups is 1. The average Bonchev–Trinajstić information content (AvgIpc) is 2.14. The van der Waals surface area contributed by atoms with Crippen LogP contribution in [0.2, 0.25) is 0 Å². The normalized spacial score (nSPS) is 14.2. The number of carbonyl (C=O) groups excluding carboxylic acids is 1. The van der Waals surface area contributed by atoms with Crippen LogP contribution in [0, 0.1) is 0 Å². The molecule has 2 atom stereocenters. The summed E-state index contributed by atoms with van der Waals surface area (Å²) in [5, 5.41) is 11.9. The standard InChI is InChI=1S/C9H15NO3/c1-3-5-8(6-11)10-9(12)7-13-4-2/h3-4,6,8-10,12H,1-2,5,7H2/t8-,9?/m0/s1. The average molecular weight is 185 g/mol. The number of hydrogen-bond acceptors (Lipinski definition) is 4. The van der Waals surface area contributed by atoms with Gasteiger partial charge in [0.15, 0.2) is 0 Å². The molecule has 74 valence electrons. The zero-order valence-electron chi connectivity index (χ0n) is 7.48. The van der Waals surface area contributed by atoms with Gasteiger partial charge in [-0.05, 0) is 6.42 Å². The van der Waals surface area contributed by atoms with Crippen molar-refractivity contribution in [1.29, 1.82) is 0 Å². The summed E-state index contributed by atoms with van der Waals surface area (Å²) in [5.74, 6) is 0. The Morgan fingerprint density at radius 1 is 1.54 bits per heavy atom. The van der Waals surface area contributed by atoms with Crippen LogP contribution in [0.1, 0.15) is 6.42 Å². The molecule has 0 saturated carbocycles. The van der Waals surface area contributed by atoms with Gasteiger partial charge in [0.2, 0.25) is 0 Å². The Balaban J connectivity index is 3.70. The van der Waals surface area contributed by atoms with Gasteiger partial charge >= 0.3 is 0 Å². The van der Waals surface area contributed by atoms with Crippen molar-refractivity contribution in [2.75, 3.05) is 6.61 Å². The van der Waals surface area contributed by atoms with Gasteiger partial charge in [-0.15, -0.1) is 6.58 Å². The summed E-state index contributed by atoms with van der Waals surface area (Å²) in [5.41, 5.74) is 0. The molecule has 0 aliphatic rings. The van der Waals surface area contributed by atoms with E-state index in [1.807, 2.05) is 0 Å². The topological polar surface area (TPSA) is 58.6 Å². The lowest BCUT2D eigenvalue weighted by molar-refractivity contribution is -0.110. The number of rotatable bonds is 8. The van der Waals surface area contributed by atoms with Crippen LogP contribution in [-0.4, -0.2) is 30.3 Å². The molecule has 13 heavy (non-hydrogen) atoms. The molecule has 0 spiro atoms. The molecule has 0 heterocycles. The molecular weight excluding hydrogens is 170 g/mol. The lowest BCUT2D eigenvalue weighted by atomic mass is 10.2. The molecule has 0 bridgehead atoms. The summed E-state index contributed by atoms with van der Waals surface area (Å²) < 4.78 is 4.73. The summed E-state index contributed by atoms with van der Waals surface area (Å²) in [6.07, 6.45) is 3.17. The van der Waals surface area contributed by atoms with Crippen molar-refractivity contribution in [2.24, 2.45) is 0 Å². The van der Waals surface area contributed by atoms with E-state index in [9.17, 15) is 9.90 Å². The number of aliphatic hydroxyl groups excluding tert-OH is 1. The molecular formula is C9H15NO3. The Labute approximate surface area is 77.9 Å². The van der Waals surface area contributed by atoms with Crippen LogP contribution in [0.25, 0.3) is 0 Å². The first-order valence-electron chi connectivity index (χ1n) is 3.97. The van der Waals surface area contributed by atoms with Crippen LogP contribution in [-0.2, 0) is 9.53 Å². The maximum Gasteiger partial charge on any atom is 0.139 e. The van der Waals surface area contributed by atoms with Crippen LogP contribution in [0.3, 0.4) is 0 Å². The first-order chi connectivity index (χ1) is 6.24. The van der Waals surface area contributed by atoms with E-state index < -0.39 is 12.3 Å². The van der Waals surface area contributed by atoms with E-state index in [0.29, 0.717) is 6.42 Å². The van der Waals surface area contributed by atoms with Gasteiger partial charge in [0.25, 0.3) is 0 Å². The van der Waals surface area contributed by atoms with Crippen LogP contribution >= 0.6 is 0 Å². The third-order valence-corrected chi connectivity index (χ3v) is 1.36. The van der Waals surface area contributed by atoms with E-state index in [1.165, 1.54) is 6.26 Å². The highest BCUT2D eigenvalue weighted by Gasteiger charge is 2.10. The molecule has 0 aliphatic heterocycles. The molecule has 0 amide bonds. The molecule has 2 N–H and O–H groups in total. The smallest absolute Gasteiger partial charge is 0.139 e. The summed E-state index contributed by atoms with van der Waals surface area (Å²) in [4.78, 5) is 10.4. The molecule has 1 unspecified atom stereocenters. The molecule has 0 aliphatic carbocycles. The van der Waals surface area contributed by atoms with Gasteiger partial charge in [-0.25, -0.2) is 0 Å². The second-order valence-corrected chi connectivity index (χ2v) is 2.45. The first kappa shape index (κ1) is 11.9. The molecule has 4 nitrogen and oxygen atoms in total. The molecule has 0 aromatic carbocycles. The molecule has 0 fully saturated rings. The first-order valence-corrected chi connectivity index (χ1v) is 3.97. The number of carbonyl (C=O) groups is 1. The van der Waals surface area contributed by atoms with Crippen molar-refractivity contribution in [3.63, 3.8) is 0 Å². The van der Waals surface area contributed by atoms with Gasteiger partial charge < -0.3 is 14.6 Å². The number of hydrogen-bond donors (Lipinski definition) is 2. The molecule has 0 saturated heterocycles. The molecule has 0 radical (unpaired) electrons. The molecule has 4 heteroatoms. The minimum absolute atomic E-state index is 0.0744. The minimum Gasteiger partial charge on any atom is -0.498 e. The lowest BCUT2D eigenvalue weighted by Gasteiger charge is -2.16. The largest absolute Gasteiger partial charge is 0.498 e.